The van der Waals surface area contributed by atoms with Crippen molar-refractivity contribution in [1.29, 1.82) is 0 Å². The fraction of sp³-hybridized carbons (Fsp3) is 0.647. The molecule has 0 heterocycles. The van der Waals surface area contributed by atoms with E-state index in [1.807, 2.05) is 0 Å². The van der Waals surface area contributed by atoms with Crippen LogP contribution < -0.4 is 5.32 Å². The Morgan fingerprint density at radius 2 is 1.94 bits per heavy atom. The SMILES string of the molecule is CCCCC(NCC(C)C1CC1)c1ccccc1. The molecule has 100 valence electrons. The molecule has 0 saturated heterocycles. The Hall–Kier alpha value is -0.820. The first-order valence-electron chi connectivity index (χ1n) is 7.59. The Labute approximate surface area is 112 Å². The van der Waals surface area contributed by atoms with E-state index in [1.54, 1.807) is 0 Å². The van der Waals surface area contributed by atoms with Gasteiger partial charge in [-0.1, -0.05) is 57.0 Å². The van der Waals surface area contributed by atoms with Crippen molar-refractivity contribution in [3.8, 4) is 0 Å². The number of nitrogens with one attached hydrogen (secondary N) is 1. The molecule has 2 unspecified atom stereocenters. The molecule has 1 aromatic carbocycles. The first kappa shape index (κ1) is 13.6. The van der Waals surface area contributed by atoms with Crippen LogP contribution in [0.4, 0.5) is 0 Å². The van der Waals surface area contributed by atoms with Gasteiger partial charge in [-0.3, -0.25) is 0 Å². The van der Waals surface area contributed by atoms with Crippen molar-refractivity contribution in [2.45, 2.75) is 52.0 Å². The van der Waals surface area contributed by atoms with Crippen LogP contribution in [0.15, 0.2) is 30.3 Å². The lowest BCUT2D eigenvalue weighted by Gasteiger charge is -2.21. The summed E-state index contributed by atoms with van der Waals surface area (Å²) in [6.45, 7) is 5.84. The van der Waals surface area contributed by atoms with Crippen molar-refractivity contribution < 1.29 is 0 Å². The summed E-state index contributed by atoms with van der Waals surface area (Å²) < 4.78 is 0. The zero-order chi connectivity index (χ0) is 12.8. The molecule has 1 nitrogen and oxygen atoms in total. The van der Waals surface area contributed by atoms with E-state index in [4.69, 9.17) is 0 Å². The van der Waals surface area contributed by atoms with E-state index in [9.17, 15) is 0 Å². The first-order valence-corrected chi connectivity index (χ1v) is 7.59. The van der Waals surface area contributed by atoms with Crippen LogP contribution >= 0.6 is 0 Å². The summed E-state index contributed by atoms with van der Waals surface area (Å²) in [4.78, 5) is 0. The average Bonchev–Trinajstić information content (AvgIpc) is 3.24. The molecule has 18 heavy (non-hydrogen) atoms. The van der Waals surface area contributed by atoms with E-state index in [0.29, 0.717) is 6.04 Å². The van der Waals surface area contributed by atoms with Gasteiger partial charge in [-0.15, -0.1) is 0 Å². The van der Waals surface area contributed by atoms with Crippen LogP contribution in [0.5, 0.6) is 0 Å². The Morgan fingerprint density at radius 1 is 1.22 bits per heavy atom. The highest BCUT2D eigenvalue weighted by Crippen LogP contribution is 2.36. The Kier molecular flexibility index (Phi) is 5.25. The second-order valence-corrected chi connectivity index (χ2v) is 5.83. The average molecular weight is 245 g/mol. The lowest BCUT2D eigenvalue weighted by molar-refractivity contribution is 0.401. The quantitative estimate of drug-likeness (QED) is 0.708. The van der Waals surface area contributed by atoms with Gasteiger partial charge >= 0.3 is 0 Å². The molecule has 0 amide bonds. The zero-order valence-corrected chi connectivity index (χ0v) is 11.9. The van der Waals surface area contributed by atoms with E-state index >= 15 is 0 Å². The molecule has 1 fully saturated rings. The summed E-state index contributed by atoms with van der Waals surface area (Å²) in [6.07, 6.45) is 6.76. The molecule has 1 aliphatic carbocycles. The number of hydrogen-bond acceptors (Lipinski definition) is 1. The van der Waals surface area contributed by atoms with Crippen LogP contribution in [0, 0.1) is 11.8 Å². The van der Waals surface area contributed by atoms with Crippen molar-refractivity contribution in [3.63, 3.8) is 0 Å². The largest absolute Gasteiger partial charge is 0.310 e. The summed E-state index contributed by atoms with van der Waals surface area (Å²) in [7, 11) is 0. The number of benzene rings is 1. The number of hydrogen-bond donors (Lipinski definition) is 1. The van der Waals surface area contributed by atoms with E-state index in [1.165, 1.54) is 44.2 Å². The summed E-state index contributed by atoms with van der Waals surface area (Å²) in [6, 6.07) is 11.5. The monoisotopic (exact) mass is 245 g/mol. The van der Waals surface area contributed by atoms with Gasteiger partial charge in [0.25, 0.3) is 0 Å². The Bertz CT molecular complexity index is 329. The lowest BCUT2D eigenvalue weighted by atomic mass is 9.99. The highest BCUT2D eigenvalue weighted by atomic mass is 14.9. The van der Waals surface area contributed by atoms with E-state index in [0.717, 1.165) is 11.8 Å². The highest BCUT2D eigenvalue weighted by molar-refractivity contribution is 5.18. The molecule has 1 N–H and O–H groups in total. The molecular formula is C17H27N. The molecule has 0 radical (unpaired) electrons. The van der Waals surface area contributed by atoms with E-state index < -0.39 is 0 Å². The summed E-state index contributed by atoms with van der Waals surface area (Å²) in [5, 5.41) is 3.79. The Balaban J connectivity index is 1.87. The van der Waals surface area contributed by atoms with Crippen molar-refractivity contribution in [2.75, 3.05) is 6.54 Å². The van der Waals surface area contributed by atoms with Gasteiger partial charge in [0.2, 0.25) is 0 Å². The van der Waals surface area contributed by atoms with Crippen molar-refractivity contribution in [3.05, 3.63) is 35.9 Å². The molecule has 0 bridgehead atoms. The standard InChI is InChI=1S/C17H27N/c1-3-4-10-17(16-8-6-5-7-9-16)18-13-14(2)15-11-12-15/h5-9,14-15,17-18H,3-4,10-13H2,1-2H3. The maximum Gasteiger partial charge on any atom is 0.0320 e. The number of rotatable bonds is 8. The summed E-state index contributed by atoms with van der Waals surface area (Å²) >= 11 is 0. The second kappa shape index (κ2) is 6.94. The predicted molar refractivity (Wildman–Crippen MR) is 78.6 cm³/mol. The van der Waals surface area contributed by atoms with Crippen LogP contribution in [0.3, 0.4) is 0 Å². The van der Waals surface area contributed by atoms with Gasteiger partial charge in [-0.25, -0.2) is 0 Å². The molecule has 0 aliphatic heterocycles. The molecular weight excluding hydrogens is 218 g/mol. The van der Waals surface area contributed by atoms with Crippen molar-refractivity contribution in [1.82, 2.24) is 5.32 Å². The number of unbranched alkanes of at least 4 members (excludes halogenated alkanes) is 1. The predicted octanol–water partition coefficient (Wildman–Crippen LogP) is 4.55. The van der Waals surface area contributed by atoms with Gasteiger partial charge in [0.1, 0.15) is 0 Å². The minimum Gasteiger partial charge on any atom is -0.310 e. The molecule has 1 heteroatoms. The van der Waals surface area contributed by atoms with E-state index in [-0.39, 0.29) is 0 Å². The molecule has 2 rings (SSSR count). The third-order valence-corrected chi connectivity index (χ3v) is 4.16. The maximum absolute atomic E-state index is 3.79. The van der Waals surface area contributed by atoms with Crippen LogP contribution in [-0.4, -0.2) is 6.54 Å². The second-order valence-electron chi connectivity index (χ2n) is 5.83. The third-order valence-electron chi connectivity index (χ3n) is 4.16. The van der Waals surface area contributed by atoms with Gasteiger partial charge < -0.3 is 5.32 Å². The van der Waals surface area contributed by atoms with Crippen LogP contribution in [0.2, 0.25) is 0 Å². The van der Waals surface area contributed by atoms with Gasteiger partial charge in [0.05, 0.1) is 0 Å². The smallest absolute Gasteiger partial charge is 0.0320 e. The summed E-state index contributed by atoms with van der Waals surface area (Å²) in [5.41, 5.74) is 1.45. The van der Waals surface area contributed by atoms with Crippen LogP contribution in [-0.2, 0) is 0 Å². The maximum atomic E-state index is 3.79. The fourth-order valence-electron chi connectivity index (χ4n) is 2.64. The molecule has 1 aliphatic rings. The van der Waals surface area contributed by atoms with Crippen molar-refractivity contribution >= 4 is 0 Å². The van der Waals surface area contributed by atoms with Gasteiger partial charge in [-0.05, 0) is 43.2 Å². The fourth-order valence-corrected chi connectivity index (χ4v) is 2.64. The molecule has 1 aromatic rings. The van der Waals surface area contributed by atoms with Crippen LogP contribution in [0.1, 0.15) is 57.6 Å². The highest BCUT2D eigenvalue weighted by Gasteiger charge is 2.27. The third kappa shape index (κ3) is 4.13. The first-order chi connectivity index (χ1) is 8.81. The lowest BCUT2D eigenvalue weighted by Crippen LogP contribution is -2.27. The molecule has 2 atom stereocenters. The molecule has 1 saturated carbocycles. The normalized spacial score (nSPS) is 18.6. The van der Waals surface area contributed by atoms with Crippen LogP contribution in [0.25, 0.3) is 0 Å². The van der Waals surface area contributed by atoms with E-state index in [2.05, 4.69) is 49.5 Å². The summed E-state index contributed by atoms with van der Waals surface area (Å²) in [5.74, 6) is 1.85. The zero-order valence-electron chi connectivity index (χ0n) is 11.9. The minimum atomic E-state index is 0.548. The minimum absolute atomic E-state index is 0.548. The molecule has 0 spiro atoms. The topological polar surface area (TPSA) is 12.0 Å². The Morgan fingerprint density at radius 3 is 2.56 bits per heavy atom. The van der Waals surface area contributed by atoms with Gasteiger partial charge in [-0.2, -0.15) is 0 Å². The van der Waals surface area contributed by atoms with Gasteiger partial charge in [0, 0.05) is 6.04 Å². The van der Waals surface area contributed by atoms with Gasteiger partial charge in [0.15, 0.2) is 0 Å². The van der Waals surface area contributed by atoms with Crippen molar-refractivity contribution in [2.24, 2.45) is 11.8 Å². The molecule has 0 aromatic heterocycles.